The highest BCUT2D eigenvalue weighted by Gasteiger charge is 2.32. The molecule has 5 rings (SSSR count). The van der Waals surface area contributed by atoms with Crippen LogP contribution in [-0.4, -0.2) is 41.4 Å². The summed E-state index contributed by atoms with van der Waals surface area (Å²) in [5, 5.41) is 8.07. The van der Waals surface area contributed by atoms with Crippen LogP contribution in [0.2, 0.25) is 15.1 Å². The second-order valence-electron chi connectivity index (χ2n) is 9.16. The Hall–Kier alpha value is -2.64. The fraction of sp³-hybridized carbons (Fsp3) is 0.269. The van der Waals surface area contributed by atoms with Crippen LogP contribution < -0.4 is 15.5 Å². The number of benzodiazepines with no additional fused rings is 1. The molecule has 1 amide bonds. The topological polar surface area (TPSA) is 69.6 Å². The lowest BCUT2D eigenvalue weighted by Crippen LogP contribution is -2.46. The van der Waals surface area contributed by atoms with Crippen LogP contribution in [0.3, 0.4) is 0 Å². The summed E-state index contributed by atoms with van der Waals surface area (Å²) in [6.07, 6.45) is 2.13. The van der Waals surface area contributed by atoms with Gasteiger partial charge in [-0.15, -0.1) is 0 Å². The quantitative estimate of drug-likeness (QED) is 0.463. The standard InChI is InChI=1S/C26H24Cl3N5O/c1-26(2)31-9-10-34(26)23-8-4-16(14-30-23)24-19-12-17(27)6-7-21(19)33-25(35)22(32-24)11-15-3-5-18(28)13-20(15)29/h3-8,12-14,22,31H,9-11H2,1-2H3,(H,33,35). The first kappa shape index (κ1) is 24.1. The molecule has 3 aromatic rings. The molecule has 0 saturated carbocycles. The van der Waals surface area contributed by atoms with E-state index >= 15 is 0 Å². The average molecular weight is 529 g/mol. The number of hydrogen-bond acceptors (Lipinski definition) is 5. The minimum absolute atomic E-state index is 0.173. The van der Waals surface area contributed by atoms with E-state index < -0.39 is 6.04 Å². The lowest BCUT2D eigenvalue weighted by Gasteiger charge is -2.32. The van der Waals surface area contributed by atoms with E-state index in [0.29, 0.717) is 32.9 Å². The zero-order valence-electron chi connectivity index (χ0n) is 19.3. The van der Waals surface area contributed by atoms with Gasteiger partial charge in [0.1, 0.15) is 11.9 Å². The van der Waals surface area contributed by atoms with E-state index in [1.54, 1.807) is 30.5 Å². The second kappa shape index (κ2) is 9.43. The zero-order valence-corrected chi connectivity index (χ0v) is 21.5. The molecule has 2 N–H and O–H groups in total. The molecule has 2 aliphatic heterocycles. The fourth-order valence-corrected chi connectivity index (χ4v) is 5.18. The van der Waals surface area contributed by atoms with Gasteiger partial charge < -0.3 is 10.2 Å². The molecular weight excluding hydrogens is 505 g/mol. The predicted octanol–water partition coefficient (Wildman–Crippen LogP) is 5.59. The summed E-state index contributed by atoms with van der Waals surface area (Å²) in [5.74, 6) is 0.659. The molecule has 6 nitrogen and oxygen atoms in total. The summed E-state index contributed by atoms with van der Waals surface area (Å²) in [7, 11) is 0. The van der Waals surface area contributed by atoms with Crippen molar-refractivity contribution in [3.8, 4) is 0 Å². The van der Waals surface area contributed by atoms with Crippen molar-refractivity contribution in [3.05, 3.63) is 86.5 Å². The van der Waals surface area contributed by atoms with Crippen molar-refractivity contribution in [2.45, 2.75) is 32.0 Å². The summed E-state index contributed by atoms with van der Waals surface area (Å²) >= 11 is 18.8. The zero-order chi connectivity index (χ0) is 24.7. The molecule has 0 aliphatic carbocycles. The number of benzene rings is 2. The Kier molecular flexibility index (Phi) is 6.49. The monoisotopic (exact) mass is 527 g/mol. The van der Waals surface area contributed by atoms with E-state index in [1.807, 2.05) is 24.3 Å². The van der Waals surface area contributed by atoms with E-state index in [-0.39, 0.29) is 11.6 Å². The molecule has 0 spiro atoms. The molecule has 1 atom stereocenters. The summed E-state index contributed by atoms with van der Waals surface area (Å²) in [4.78, 5) is 25.1. The SMILES string of the molecule is CC1(C)NCCN1c1ccc(C2=NC(Cc3ccc(Cl)cc3Cl)C(=O)Nc3ccc(Cl)cc32)cn1. The maximum absolute atomic E-state index is 13.2. The minimum Gasteiger partial charge on any atom is -0.338 e. The highest BCUT2D eigenvalue weighted by Crippen LogP contribution is 2.30. The predicted molar refractivity (Wildman–Crippen MR) is 143 cm³/mol. The Morgan fingerprint density at radius 3 is 2.51 bits per heavy atom. The maximum atomic E-state index is 13.2. The van der Waals surface area contributed by atoms with E-state index in [4.69, 9.17) is 44.8 Å². The highest BCUT2D eigenvalue weighted by molar-refractivity contribution is 6.35. The first-order valence-electron chi connectivity index (χ1n) is 11.3. The molecule has 1 fully saturated rings. The van der Waals surface area contributed by atoms with Crippen LogP contribution in [0.15, 0.2) is 59.7 Å². The van der Waals surface area contributed by atoms with Gasteiger partial charge in [0.25, 0.3) is 0 Å². The minimum atomic E-state index is -0.698. The summed E-state index contributed by atoms with van der Waals surface area (Å²) in [6, 6.07) is 13.9. The number of amides is 1. The van der Waals surface area contributed by atoms with Gasteiger partial charge in [-0.3, -0.25) is 15.1 Å². The summed E-state index contributed by atoms with van der Waals surface area (Å²) in [5.41, 5.74) is 3.46. The normalized spacial score (nSPS) is 19.1. The third-order valence-electron chi connectivity index (χ3n) is 6.38. The van der Waals surface area contributed by atoms with Crippen molar-refractivity contribution < 1.29 is 4.79 Å². The number of carbonyl (C=O) groups is 1. The van der Waals surface area contributed by atoms with Gasteiger partial charge in [0.15, 0.2) is 0 Å². The van der Waals surface area contributed by atoms with Crippen LogP contribution >= 0.6 is 34.8 Å². The Morgan fingerprint density at radius 1 is 1.06 bits per heavy atom. The van der Waals surface area contributed by atoms with E-state index in [2.05, 4.69) is 29.4 Å². The van der Waals surface area contributed by atoms with Crippen LogP contribution in [0.1, 0.15) is 30.5 Å². The van der Waals surface area contributed by atoms with Crippen LogP contribution in [-0.2, 0) is 11.2 Å². The number of pyridine rings is 1. The Morgan fingerprint density at radius 2 is 1.83 bits per heavy atom. The van der Waals surface area contributed by atoms with Gasteiger partial charge >= 0.3 is 0 Å². The van der Waals surface area contributed by atoms with Gasteiger partial charge in [-0.1, -0.05) is 40.9 Å². The third kappa shape index (κ3) is 4.89. The number of nitrogens with one attached hydrogen (secondary N) is 2. The fourth-order valence-electron chi connectivity index (χ4n) is 4.52. The summed E-state index contributed by atoms with van der Waals surface area (Å²) < 4.78 is 0. The van der Waals surface area contributed by atoms with Crippen LogP contribution in [0.4, 0.5) is 11.5 Å². The lowest BCUT2D eigenvalue weighted by molar-refractivity contribution is -0.117. The molecule has 35 heavy (non-hydrogen) atoms. The number of nitrogens with zero attached hydrogens (tertiary/aromatic N) is 3. The number of aliphatic imine (C=N–C) groups is 1. The lowest BCUT2D eigenvalue weighted by atomic mass is 10.0. The van der Waals surface area contributed by atoms with E-state index in [1.165, 1.54) is 0 Å². The van der Waals surface area contributed by atoms with Gasteiger partial charge in [0.2, 0.25) is 5.91 Å². The Balaban J connectivity index is 1.56. The highest BCUT2D eigenvalue weighted by atomic mass is 35.5. The Bertz CT molecular complexity index is 1320. The van der Waals surface area contributed by atoms with Gasteiger partial charge in [0.05, 0.1) is 17.1 Å². The Labute approximate surface area is 219 Å². The number of carbonyl (C=O) groups excluding carboxylic acids is 1. The van der Waals surface area contributed by atoms with Crippen molar-refractivity contribution in [2.24, 2.45) is 4.99 Å². The van der Waals surface area contributed by atoms with Gasteiger partial charge in [0, 0.05) is 51.9 Å². The van der Waals surface area contributed by atoms with E-state index in [0.717, 1.165) is 35.6 Å². The molecule has 0 bridgehead atoms. The number of anilines is 2. The average Bonchev–Trinajstić information content (AvgIpc) is 3.11. The van der Waals surface area contributed by atoms with Crippen LogP contribution in [0.25, 0.3) is 0 Å². The van der Waals surface area contributed by atoms with Crippen molar-refractivity contribution in [1.29, 1.82) is 0 Å². The first-order chi connectivity index (χ1) is 16.7. The molecule has 0 radical (unpaired) electrons. The molecule has 2 aliphatic rings. The molecular formula is C26H24Cl3N5O. The van der Waals surface area contributed by atoms with Crippen LogP contribution in [0.5, 0.6) is 0 Å². The number of aromatic nitrogens is 1. The third-order valence-corrected chi connectivity index (χ3v) is 7.20. The molecule has 2 aromatic carbocycles. The van der Waals surface area contributed by atoms with Crippen molar-refractivity contribution in [1.82, 2.24) is 10.3 Å². The molecule has 180 valence electrons. The number of rotatable bonds is 4. The number of fused-ring (bicyclic) bond motifs is 1. The summed E-state index contributed by atoms with van der Waals surface area (Å²) in [6.45, 7) is 6.04. The molecule has 1 unspecified atom stereocenters. The molecule has 3 heterocycles. The van der Waals surface area contributed by atoms with Crippen molar-refractivity contribution in [2.75, 3.05) is 23.3 Å². The smallest absolute Gasteiger partial charge is 0.249 e. The number of halogens is 3. The largest absolute Gasteiger partial charge is 0.338 e. The van der Waals surface area contributed by atoms with Gasteiger partial charge in [-0.25, -0.2) is 4.98 Å². The number of hydrogen-bond donors (Lipinski definition) is 2. The van der Waals surface area contributed by atoms with Gasteiger partial charge in [-0.2, -0.15) is 0 Å². The van der Waals surface area contributed by atoms with Crippen LogP contribution in [0, 0.1) is 0 Å². The van der Waals surface area contributed by atoms with Gasteiger partial charge in [-0.05, 0) is 61.9 Å². The van der Waals surface area contributed by atoms with Crippen molar-refractivity contribution >= 4 is 57.9 Å². The maximum Gasteiger partial charge on any atom is 0.249 e. The first-order valence-corrected chi connectivity index (χ1v) is 12.5. The van der Waals surface area contributed by atoms with E-state index in [9.17, 15) is 4.79 Å². The second-order valence-corrected chi connectivity index (χ2v) is 10.4. The molecule has 1 aromatic heterocycles. The molecule has 1 saturated heterocycles. The molecule has 9 heteroatoms. The van der Waals surface area contributed by atoms with Crippen molar-refractivity contribution in [3.63, 3.8) is 0 Å².